The van der Waals surface area contributed by atoms with Gasteiger partial charge in [0.2, 0.25) is 11.8 Å². The third kappa shape index (κ3) is 6.40. The molecule has 2 amide bonds. The van der Waals surface area contributed by atoms with Gasteiger partial charge in [0, 0.05) is 6.42 Å². The first-order valence-electron chi connectivity index (χ1n) is 7.67. The van der Waals surface area contributed by atoms with Crippen molar-refractivity contribution in [1.82, 2.24) is 10.6 Å². The molecule has 1 aromatic carbocycles. The number of carbonyl (C=O) groups is 3. The third-order valence-corrected chi connectivity index (χ3v) is 3.57. The molecule has 9 nitrogen and oxygen atoms in total. The fourth-order valence-corrected chi connectivity index (χ4v) is 1.96. The smallest absolute Gasteiger partial charge is 0.326 e. The van der Waals surface area contributed by atoms with Gasteiger partial charge in [-0.25, -0.2) is 4.79 Å². The fraction of sp³-hybridized carbons (Fsp3) is 0.438. The summed E-state index contributed by atoms with van der Waals surface area (Å²) < 4.78 is 0. The minimum atomic E-state index is -1.24. The van der Waals surface area contributed by atoms with Crippen LogP contribution >= 0.6 is 0 Å². The van der Waals surface area contributed by atoms with Crippen molar-refractivity contribution in [3.63, 3.8) is 0 Å². The quantitative estimate of drug-likeness (QED) is 0.339. The zero-order chi connectivity index (χ0) is 19.1. The number of phenols is 1. The SMILES string of the molecule is CC(NC(=O)C(N)C(C)O)C(=O)NC(Cc1ccc(O)cc1)C(=O)O. The van der Waals surface area contributed by atoms with Crippen LogP contribution in [0, 0.1) is 0 Å². The van der Waals surface area contributed by atoms with Crippen LogP contribution in [0.5, 0.6) is 5.75 Å². The summed E-state index contributed by atoms with van der Waals surface area (Å²) in [6.45, 7) is 2.72. The zero-order valence-corrected chi connectivity index (χ0v) is 14.0. The van der Waals surface area contributed by atoms with Crippen LogP contribution < -0.4 is 16.4 Å². The van der Waals surface area contributed by atoms with E-state index in [2.05, 4.69) is 10.6 Å². The highest BCUT2D eigenvalue weighted by Gasteiger charge is 2.26. The summed E-state index contributed by atoms with van der Waals surface area (Å²) in [6, 6.07) is 2.49. The predicted molar refractivity (Wildman–Crippen MR) is 88.6 cm³/mol. The summed E-state index contributed by atoms with van der Waals surface area (Å²) >= 11 is 0. The number of carboxylic acids is 1. The Bertz CT molecular complexity index is 617. The number of carbonyl (C=O) groups excluding carboxylic acids is 2. The number of nitrogens with one attached hydrogen (secondary N) is 2. The maximum atomic E-state index is 12.1. The number of aliphatic carboxylic acids is 1. The fourth-order valence-electron chi connectivity index (χ4n) is 1.96. The third-order valence-electron chi connectivity index (χ3n) is 3.57. The lowest BCUT2D eigenvalue weighted by Crippen LogP contribution is -2.55. The molecule has 0 aromatic heterocycles. The molecule has 0 radical (unpaired) electrons. The molecule has 9 heteroatoms. The first kappa shape index (κ1) is 20.4. The van der Waals surface area contributed by atoms with Crippen LogP contribution in [0.1, 0.15) is 19.4 Å². The lowest BCUT2D eigenvalue weighted by atomic mass is 10.1. The summed E-state index contributed by atoms with van der Waals surface area (Å²) in [5, 5.41) is 32.4. The molecule has 0 saturated heterocycles. The second-order valence-electron chi connectivity index (χ2n) is 5.77. The molecular formula is C16H23N3O6. The van der Waals surface area contributed by atoms with Crippen molar-refractivity contribution in [1.29, 1.82) is 0 Å². The van der Waals surface area contributed by atoms with Gasteiger partial charge in [0.05, 0.1) is 6.10 Å². The Morgan fingerprint density at radius 3 is 2.12 bits per heavy atom. The molecule has 1 rings (SSSR count). The van der Waals surface area contributed by atoms with Crippen molar-refractivity contribution in [2.24, 2.45) is 5.73 Å². The molecule has 4 unspecified atom stereocenters. The van der Waals surface area contributed by atoms with Gasteiger partial charge in [-0.2, -0.15) is 0 Å². The molecule has 0 bridgehead atoms. The highest BCUT2D eigenvalue weighted by Crippen LogP contribution is 2.11. The van der Waals surface area contributed by atoms with Crippen LogP contribution in [-0.2, 0) is 20.8 Å². The van der Waals surface area contributed by atoms with Gasteiger partial charge in [-0.3, -0.25) is 9.59 Å². The van der Waals surface area contributed by atoms with Crippen LogP contribution in [0.25, 0.3) is 0 Å². The van der Waals surface area contributed by atoms with Gasteiger partial charge in [-0.15, -0.1) is 0 Å². The Morgan fingerprint density at radius 1 is 1.08 bits per heavy atom. The van der Waals surface area contributed by atoms with Crippen LogP contribution in [0.4, 0.5) is 0 Å². The largest absolute Gasteiger partial charge is 0.508 e. The summed E-state index contributed by atoms with van der Waals surface area (Å²) in [7, 11) is 0. The first-order chi connectivity index (χ1) is 11.6. The van der Waals surface area contributed by atoms with Crippen molar-refractivity contribution in [2.45, 2.75) is 44.5 Å². The Morgan fingerprint density at radius 2 is 1.64 bits per heavy atom. The van der Waals surface area contributed by atoms with E-state index in [0.717, 1.165) is 0 Å². The molecule has 25 heavy (non-hydrogen) atoms. The monoisotopic (exact) mass is 353 g/mol. The van der Waals surface area contributed by atoms with Crippen LogP contribution in [0.3, 0.4) is 0 Å². The van der Waals surface area contributed by atoms with Crippen LogP contribution in [0.2, 0.25) is 0 Å². The number of aliphatic hydroxyl groups excluding tert-OH is 1. The van der Waals surface area contributed by atoms with Gasteiger partial charge >= 0.3 is 5.97 Å². The van der Waals surface area contributed by atoms with Crippen molar-refractivity contribution in [3.05, 3.63) is 29.8 Å². The van der Waals surface area contributed by atoms with E-state index in [4.69, 9.17) is 5.73 Å². The van der Waals surface area contributed by atoms with Gasteiger partial charge in [-0.1, -0.05) is 12.1 Å². The van der Waals surface area contributed by atoms with E-state index in [9.17, 15) is 29.7 Å². The summed E-state index contributed by atoms with van der Waals surface area (Å²) in [4.78, 5) is 35.2. The Hall–Kier alpha value is -2.65. The van der Waals surface area contributed by atoms with E-state index in [0.29, 0.717) is 5.56 Å². The molecule has 7 N–H and O–H groups in total. The number of aromatic hydroxyl groups is 1. The average Bonchev–Trinajstić information content (AvgIpc) is 2.54. The second kappa shape index (κ2) is 9.00. The minimum Gasteiger partial charge on any atom is -0.508 e. The molecule has 0 aliphatic carbocycles. The Kier molecular flexibility index (Phi) is 7.34. The number of amides is 2. The number of carboxylic acid groups (broad SMARTS) is 1. The van der Waals surface area contributed by atoms with Gasteiger partial charge in [-0.05, 0) is 31.5 Å². The topological polar surface area (TPSA) is 162 Å². The highest BCUT2D eigenvalue weighted by atomic mass is 16.4. The molecule has 0 fully saturated rings. The molecule has 4 atom stereocenters. The lowest BCUT2D eigenvalue weighted by molar-refractivity contribution is -0.142. The van der Waals surface area contributed by atoms with Gasteiger partial charge < -0.3 is 31.7 Å². The highest BCUT2D eigenvalue weighted by molar-refractivity contribution is 5.91. The summed E-state index contributed by atoms with van der Waals surface area (Å²) in [5.41, 5.74) is 6.07. The van der Waals surface area contributed by atoms with Crippen molar-refractivity contribution < 1.29 is 29.7 Å². The van der Waals surface area contributed by atoms with Crippen molar-refractivity contribution in [2.75, 3.05) is 0 Å². The van der Waals surface area contributed by atoms with Crippen LogP contribution in [0.15, 0.2) is 24.3 Å². The van der Waals surface area contributed by atoms with E-state index in [1.165, 1.54) is 26.0 Å². The summed E-state index contributed by atoms with van der Waals surface area (Å²) in [5.74, 6) is -2.61. The maximum Gasteiger partial charge on any atom is 0.326 e. The van der Waals surface area contributed by atoms with Gasteiger partial charge in [0.15, 0.2) is 0 Å². The first-order valence-corrected chi connectivity index (χ1v) is 7.67. The Labute approximate surface area is 144 Å². The number of hydrogen-bond donors (Lipinski definition) is 6. The Balaban J connectivity index is 2.67. The van der Waals surface area contributed by atoms with E-state index in [-0.39, 0.29) is 12.2 Å². The standard InChI is InChI=1S/C16H23N3O6/c1-8(18-15(23)13(17)9(2)20)14(22)19-12(16(24)25)7-10-3-5-11(21)6-4-10/h3-6,8-9,12-13,20-21H,7,17H2,1-2H3,(H,18,23)(H,19,22)(H,24,25). The van der Waals surface area contributed by atoms with E-state index in [1.807, 2.05) is 0 Å². The second-order valence-corrected chi connectivity index (χ2v) is 5.77. The number of nitrogens with two attached hydrogens (primary N) is 1. The molecule has 0 saturated carbocycles. The van der Waals surface area contributed by atoms with Crippen molar-refractivity contribution >= 4 is 17.8 Å². The average molecular weight is 353 g/mol. The van der Waals surface area contributed by atoms with Crippen molar-refractivity contribution in [3.8, 4) is 5.75 Å². The number of benzene rings is 1. The zero-order valence-electron chi connectivity index (χ0n) is 14.0. The molecule has 138 valence electrons. The predicted octanol–water partition coefficient (Wildman–Crippen LogP) is -1.28. The molecular weight excluding hydrogens is 330 g/mol. The number of aliphatic hydroxyl groups is 1. The number of phenolic OH excluding ortho intramolecular Hbond substituents is 1. The molecule has 0 aliphatic rings. The summed E-state index contributed by atoms with van der Waals surface area (Å²) in [6.07, 6.45) is -1.08. The number of hydrogen-bond acceptors (Lipinski definition) is 6. The molecule has 0 aliphatic heterocycles. The van der Waals surface area contributed by atoms with E-state index in [1.54, 1.807) is 12.1 Å². The van der Waals surface area contributed by atoms with E-state index < -0.39 is 42.0 Å². The lowest BCUT2D eigenvalue weighted by Gasteiger charge is -2.21. The van der Waals surface area contributed by atoms with E-state index >= 15 is 0 Å². The molecule has 1 aromatic rings. The maximum absolute atomic E-state index is 12.1. The number of rotatable bonds is 8. The minimum absolute atomic E-state index is 0.00913. The van der Waals surface area contributed by atoms with Gasteiger partial charge in [0.1, 0.15) is 23.9 Å². The van der Waals surface area contributed by atoms with Gasteiger partial charge in [0.25, 0.3) is 0 Å². The normalized spacial score (nSPS) is 15.5. The molecule has 0 spiro atoms. The van der Waals surface area contributed by atoms with Crippen LogP contribution in [-0.4, -0.2) is 57.3 Å². The molecule has 0 heterocycles.